The van der Waals surface area contributed by atoms with E-state index < -0.39 is 5.91 Å². The van der Waals surface area contributed by atoms with Gasteiger partial charge in [0, 0.05) is 5.92 Å². The smallest absolute Gasteiger partial charge is 0.283 e. The van der Waals surface area contributed by atoms with Gasteiger partial charge in [-0.2, -0.15) is 15.1 Å². The predicted molar refractivity (Wildman–Crippen MR) is 142 cm³/mol. The lowest BCUT2D eigenvalue weighted by atomic mass is 9.98. The Kier molecular flexibility index (Phi) is 7.70. The summed E-state index contributed by atoms with van der Waals surface area (Å²) in [6.45, 7) is 9.21. The van der Waals surface area contributed by atoms with Gasteiger partial charge in [0.05, 0.1) is 5.57 Å². The molecule has 1 amide bonds. The van der Waals surface area contributed by atoms with Crippen LogP contribution in [-0.2, 0) is 4.79 Å². The first-order valence-corrected chi connectivity index (χ1v) is 12.6. The van der Waals surface area contributed by atoms with E-state index in [0.29, 0.717) is 30.0 Å². The fraction of sp³-hybridized carbons (Fsp3) is 0.333. The number of carbonyl (C=O) groups is 1. The Balaban J connectivity index is 1.40. The maximum Gasteiger partial charge on any atom is 0.283 e. The number of amidine groups is 2. The van der Waals surface area contributed by atoms with Crippen LogP contribution in [0, 0.1) is 11.3 Å². The highest BCUT2D eigenvalue weighted by molar-refractivity contribution is 8.27. The zero-order valence-corrected chi connectivity index (χ0v) is 21.3. The van der Waals surface area contributed by atoms with E-state index in [1.54, 1.807) is 6.08 Å². The Morgan fingerprint density at radius 3 is 2.63 bits per heavy atom. The molecule has 182 valence electrons. The Bertz CT molecular complexity index is 1220. The van der Waals surface area contributed by atoms with Crippen LogP contribution >= 0.6 is 11.8 Å². The molecular weight excluding hydrogens is 460 g/mol. The maximum absolute atomic E-state index is 12.6. The number of thioether (sulfide) groups is 1. The van der Waals surface area contributed by atoms with Crippen LogP contribution in [0.1, 0.15) is 51.2 Å². The lowest BCUT2D eigenvalue weighted by Gasteiger charge is -2.20. The third kappa shape index (κ3) is 5.65. The summed E-state index contributed by atoms with van der Waals surface area (Å²) in [7, 11) is 0. The van der Waals surface area contributed by atoms with Gasteiger partial charge in [0.1, 0.15) is 29.8 Å². The molecular formula is C27H30N4O3S. The van der Waals surface area contributed by atoms with Gasteiger partial charge >= 0.3 is 0 Å². The van der Waals surface area contributed by atoms with Crippen molar-refractivity contribution in [2.75, 3.05) is 13.2 Å². The highest BCUT2D eigenvalue weighted by Gasteiger charge is 2.36. The highest BCUT2D eigenvalue weighted by atomic mass is 32.2. The normalized spacial score (nSPS) is 17.4. The number of hydrogen-bond donors (Lipinski definition) is 1. The Morgan fingerprint density at radius 2 is 1.86 bits per heavy atom. The lowest BCUT2D eigenvalue weighted by molar-refractivity contribution is -0.114. The second-order valence-corrected chi connectivity index (χ2v) is 9.72. The van der Waals surface area contributed by atoms with Crippen molar-refractivity contribution in [3.8, 4) is 11.5 Å². The third-order valence-corrected chi connectivity index (χ3v) is 7.01. The Hall–Kier alpha value is -3.39. The zero-order valence-electron chi connectivity index (χ0n) is 20.4. The average molecular weight is 491 g/mol. The van der Waals surface area contributed by atoms with E-state index in [9.17, 15) is 4.79 Å². The van der Waals surface area contributed by atoms with E-state index >= 15 is 0 Å². The number of amides is 1. The summed E-state index contributed by atoms with van der Waals surface area (Å²) in [6.07, 6.45) is 2.71. The number of nitrogens with zero attached hydrogens (tertiary/aromatic N) is 3. The van der Waals surface area contributed by atoms with Crippen molar-refractivity contribution in [3.63, 3.8) is 0 Å². The fourth-order valence-electron chi connectivity index (χ4n) is 3.65. The first-order chi connectivity index (χ1) is 16.9. The molecule has 4 rings (SSSR count). The molecule has 2 aliphatic rings. The van der Waals surface area contributed by atoms with Crippen LogP contribution < -0.4 is 9.47 Å². The molecule has 0 aliphatic carbocycles. The van der Waals surface area contributed by atoms with Gasteiger partial charge in [0.15, 0.2) is 5.84 Å². The second kappa shape index (κ2) is 10.9. The van der Waals surface area contributed by atoms with Crippen LogP contribution in [0.25, 0.3) is 6.08 Å². The Morgan fingerprint density at radius 1 is 1.09 bits per heavy atom. The minimum atomic E-state index is -0.436. The number of carbonyl (C=O) groups excluding carboxylic acids is 1. The molecule has 1 N–H and O–H groups in total. The van der Waals surface area contributed by atoms with Crippen molar-refractivity contribution in [3.05, 3.63) is 65.2 Å². The molecule has 35 heavy (non-hydrogen) atoms. The molecule has 7 nitrogen and oxygen atoms in total. The first kappa shape index (κ1) is 24.7. The monoisotopic (exact) mass is 490 g/mol. The van der Waals surface area contributed by atoms with Crippen molar-refractivity contribution in [2.24, 2.45) is 16.0 Å². The van der Waals surface area contributed by atoms with Crippen LogP contribution in [0.5, 0.6) is 11.5 Å². The molecule has 2 aliphatic heterocycles. The molecule has 0 bridgehead atoms. The van der Waals surface area contributed by atoms with E-state index in [-0.39, 0.29) is 17.3 Å². The number of ether oxygens (including phenoxy) is 2. The standard InChI is InChI=1S/C27H30N4O3S/c1-5-18(4)21-11-6-7-12-23(21)34-14-13-33-20-10-8-9-19(15-20)16-22-24(28)31-27(29-25(22)32)35-26(30-31)17(2)3/h6-12,15-18,28H,5,13-14H2,1-4H3. The molecule has 1 atom stereocenters. The highest BCUT2D eigenvalue weighted by Crippen LogP contribution is 2.31. The van der Waals surface area contributed by atoms with E-state index in [4.69, 9.17) is 14.9 Å². The number of fused-ring (bicyclic) bond motifs is 1. The van der Waals surface area contributed by atoms with Gasteiger partial charge in [-0.3, -0.25) is 10.2 Å². The number of para-hydroxylation sites is 1. The largest absolute Gasteiger partial charge is 0.490 e. The summed E-state index contributed by atoms with van der Waals surface area (Å²) >= 11 is 1.34. The van der Waals surface area contributed by atoms with Gasteiger partial charge in [-0.25, -0.2) is 0 Å². The molecule has 0 saturated carbocycles. The van der Waals surface area contributed by atoms with Crippen LogP contribution in [0.3, 0.4) is 0 Å². The van der Waals surface area contributed by atoms with E-state index in [1.807, 2.05) is 56.3 Å². The molecule has 2 heterocycles. The van der Waals surface area contributed by atoms with Crippen molar-refractivity contribution in [2.45, 2.75) is 40.0 Å². The molecule has 2 aromatic rings. The number of hydrazone groups is 1. The summed E-state index contributed by atoms with van der Waals surface area (Å²) in [5.41, 5.74) is 2.15. The van der Waals surface area contributed by atoms with Crippen LogP contribution in [0.15, 0.2) is 64.2 Å². The molecule has 8 heteroatoms. The first-order valence-electron chi connectivity index (χ1n) is 11.8. The molecule has 0 aromatic heterocycles. The zero-order chi connectivity index (χ0) is 24.9. The van der Waals surface area contributed by atoms with E-state index in [1.165, 1.54) is 22.3 Å². The van der Waals surface area contributed by atoms with Gasteiger partial charge in [-0.1, -0.05) is 58.0 Å². The van der Waals surface area contributed by atoms with Crippen molar-refractivity contribution in [1.82, 2.24) is 5.01 Å². The van der Waals surface area contributed by atoms with E-state index in [2.05, 4.69) is 30.0 Å². The van der Waals surface area contributed by atoms with Gasteiger partial charge in [0.2, 0.25) is 5.17 Å². The molecule has 0 fully saturated rings. The van der Waals surface area contributed by atoms with Gasteiger partial charge in [0.25, 0.3) is 5.91 Å². The summed E-state index contributed by atoms with van der Waals surface area (Å²) in [4.78, 5) is 16.8. The Labute approximate surface area is 210 Å². The summed E-state index contributed by atoms with van der Waals surface area (Å²) in [5, 5.41) is 15.7. The molecule has 0 spiro atoms. The molecule has 1 unspecified atom stereocenters. The number of aliphatic imine (C=N–C) groups is 1. The summed E-state index contributed by atoms with van der Waals surface area (Å²) < 4.78 is 11.9. The SMILES string of the molecule is CCC(C)c1ccccc1OCCOc1cccc(C=C2C(=N)N3N=C(C(C)C)SC3=NC2=O)c1. The maximum atomic E-state index is 12.6. The number of hydrogen-bond acceptors (Lipinski definition) is 6. The van der Waals surface area contributed by atoms with Crippen LogP contribution in [0.2, 0.25) is 0 Å². The van der Waals surface area contributed by atoms with E-state index in [0.717, 1.165) is 22.8 Å². The van der Waals surface area contributed by atoms with Gasteiger partial charge in [-0.15, -0.1) is 0 Å². The van der Waals surface area contributed by atoms with Crippen molar-refractivity contribution in [1.29, 1.82) is 5.41 Å². The summed E-state index contributed by atoms with van der Waals surface area (Å²) in [5.74, 6) is 1.78. The van der Waals surface area contributed by atoms with Crippen molar-refractivity contribution >= 4 is 39.8 Å². The van der Waals surface area contributed by atoms with Crippen LogP contribution in [0.4, 0.5) is 0 Å². The second-order valence-electron chi connectivity index (χ2n) is 8.73. The number of benzene rings is 2. The molecule has 0 radical (unpaired) electrons. The van der Waals surface area contributed by atoms with Crippen molar-refractivity contribution < 1.29 is 14.3 Å². The average Bonchev–Trinajstić information content (AvgIpc) is 3.29. The third-order valence-electron chi connectivity index (χ3n) is 5.81. The fourth-order valence-corrected chi connectivity index (χ4v) is 4.54. The summed E-state index contributed by atoms with van der Waals surface area (Å²) in [6, 6.07) is 15.5. The minimum absolute atomic E-state index is 0.0304. The predicted octanol–water partition coefficient (Wildman–Crippen LogP) is 5.93. The quantitative estimate of drug-likeness (QED) is 0.348. The topological polar surface area (TPSA) is 87.3 Å². The minimum Gasteiger partial charge on any atom is -0.490 e. The van der Waals surface area contributed by atoms with Crippen LogP contribution in [-0.4, -0.2) is 40.2 Å². The molecule has 2 aromatic carbocycles. The lowest BCUT2D eigenvalue weighted by Crippen LogP contribution is -2.35. The number of rotatable bonds is 9. The molecule has 0 saturated heterocycles. The van der Waals surface area contributed by atoms with Gasteiger partial charge < -0.3 is 9.47 Å². The van der Waals surface area contributed by atoms with Gasteiger partial charge in [-0.05, 0) is 59.5 Å². The number of nitrogens with one attached hydrogen (secondary N) is 1.